The minimum absolute atomic E-state index is 0.0156. The van der Waals surface area contributed by atoms with Gasteiger partial charge in [-0.1, -0.05) is 0 Å². The molecule has 2 fully saturated rings. The monoisotopic (exact) mass is 214 g/mol. The second-order valence-corrected chi connectivity index (χ2v) is 4.36. The van der Waals surface area contributed by atoms with E-state index in [0.717, 1.165) is 38.9 Å². The van der Waals surface area contributed by atoms with Crippen LogP contribution in [0.2, 0.25) is 0 Å². The summed E-state index contributed by atoms with van der Waals surface area (Å²) in [5, 5.41) is 0. The highest BCUT2D eigenvalue weighted by atomic mass is 16.5. The topological polar surface area (TPSA) is 44.8 Å². The lowest BCUT2D eigenvalue weighted by atomic mass is 9.81. The maximum Gasteiger partial charge on any atom is 0.308 e. The molecule has 1 unspecified atom stereocenters. The van der Waals surface area contributed by atoms with E-state index in [-0.39, 0.29) is 17.5 Å². The first-order valence-corrected chi connectivity index (χ1v) is 5.55. The lowest BCUT2D eigenvalue weighted by Crippen LogP contribution is -2.46. The Hall–Kier alpha value is -0.610. The van der Waals surface area contributed by atoms with Gasteiger partial charge in [0, 0.05) is 19.8 Å². The van der Waals surface area contributed by atoms with E-state index in [1.54, 1.807) is 0 Å². The first kappa shape index (κ1) is 10.9. The largest absolute Gasteiger partial charge is 0.469 e. The SMILES string of the molecule is COC(=O)C1CCOC2(CCOCC2)C1. The normalized spacial score (nSPS) is 30.1. The number of ether oxygens (including phenoxy) is 3. The fraction of sp³-hybridized carbons (Fsp3) is 0.909. The first-order chi connectivity index (χ1) is 7.26. The van der Waals surface area contributed by atoms with Crippen molar-refractivity contribution < 1.29 is 19.0 Å². The molecule has 0 aromatic heterocycles. The van der Waals surface area contributed by atoms with Gasteiger partial charge in [0.2, 0.25) is 0 Å². The summed E-state index contributed by atoms with van der Waals surface area (Å²) in [7, 11) is 1.45. The van der Waals surface area contributed by atoms with Crippen molar-refractivity contribution in [1.82, 2.24) is 0 Å². The molecule has 4 heteroatoms. The lowest BCUT2D eigenvalue weighted by molar-refractivity contribution is -0.170. The third kappa shape index (κ3) is 2.32. The Kier molecular flexibility index (Phi) is 3.26. The van der Waals surface area contributed by atoms with Crippen molar-refractivity contribution in [3.05, 3.63) is 0 Å². The van der Waals surface area contributed by atoms with Gasteiger partial charge in [-0.3, -0.25) is 4.79 Å². The smallest absolute Gasteiger partial charge is 0.308 e. The molecule has 2 aliphatic heterocycles. The second kappa shape index (κ2) is 4.49. The Bertz CT molecular complexity index is 227. The Balaban J connectivity index is 1.99. The molecule has 0 saturated carbocycles. The molecule has 4 nitrogen and oxygen atoms in total. The summed E-state index contributed by atoms with van der Waals surface area (Å²) in [5.74, 6) is -0.0778. The van der Waals surface area contributed by atoms with E-state index in [2.05, 4.69) is 0 Å². The van der Waals surface area contributed by atoms with E-state index >= 15 is 0 Å². The third-order valence-electron chi connectivity index (χ3n) is 3.43. The molecule has 0 amide bonds. The number of carbonyl (C=O) groups excluding carboxylic acids is 1. The van der Waals surface area contributed by atoms with Crippen LogP contribution >= 0.6 is 0 Å². The van der Waals surface area contributed by atoms with E-state index in [1.165, 1.54) is 7.11 Å². The summed E-state index contributed by atoms with van der Waals surface area (Å²) in [6.45, 7) is 2.15. The van der Waals surface area contributed by atoms with Crippen molar-refractivity contribution >= 4 is 5.97 Å². The fourth-order valence-corrected chi connectivity index (χ4v) is 2.49. The fourth-order valence-electron chi connectivity index (χ4n) is 2.49. The van der Waals surface area contributed by atoms with Crippen molar-refractivity contribution in [3.63, 3.8) is 0 Å². The zero-order valence-electron chi connectivity index (χ0n) is 9.16. The van der Waals surface area contributed by atoms with E-state index in [0.29, 0.717) is 6.61 Å². The van der Waals surface area contributed by atoms with Crippen LogP contribution in [0.25, 0.3) is 0 Å². The van der Waals surface area contributed by atoms with Crippen molar-refractivity contribution in [3.8, 4) is 0 Å². The summed E-state index contributed by atoms with van der Waals surface area (Å²) in [5.41, 5.74) is -0.116. The zero-order chi connectivity index (χ0) is 10.7. The molecule has 0 radical (unpaired) electrons. The van der Waals surface area contributed by atoms with Gasteiger partial charge in [0.05, 0.1) is 18.6 Å². The van der Waals surface area contributed by atoms with Crippen molar-refractivity contribution in [2.45, 2.75) is 31.3 Å². The number of hydrogen-bond acceptors (Lipinski definition) is 4. The van der Waals surface area contributed by atoms with Crippen LogP contribution in [0.15, 0.2) is 0 Å². The predicted octanol–water partition coefficient (Wildman–Crippen LogP) is 1.14. The quantitative estimate of drug-likeness (QED) is 0.614. The van der Waals surface area contributed by atoms with Crippen LogP contribution in [-0.2, 0) is 19.0 Å². The maximum absolute atomic E-state index is 11.5. The number of rotatable bonds is 1. The summed E-state index contributed by atoms with van der Waals surface area (Å²) in [6, 6.07) is 0. The molecule has 2 rings (SSSR count). The molecule has 2 heterocycles. The molecule has 1 spiro atoms. The Morgan fingerprint density at radius 2 is 2.07 bits per heavy atom. The van der Waals surface area contributed by atoms with E-state index in [4.69, 9.17) is 14.2 Å². The Morgan fingerprint density at radius 3 is 2.73 bits per heavy atom. The van der Waals surface area contributed by atoms with Crippen LogP contribution in [0.5, 0.6) is 0 Å². The van der Waals surface area contributed by atoms with Gasteiger partial charge in [0.1, 0.15) is 0 Å². The molecule has 0 N–H and O–H groups in total. The van der Waals surface area contributed by atoms with E-state index in [9.17, 15) is 4.79 Å². The van der Waals surface area contributed by atoms with Gasteiger partial charge in [-0.2, -0.15) is 0 Å². The van der Waals surface area contributed by atoms with Crippen LogP contribution in [0, 0.1) is 5.92 Å². The number of esters is 1. The number of hydrogen-bond donors (Lipinski definition) is 0. The summed E-state index contributed by atoms with van der Waals surface area (Å²) in [6.07, 6.45) is 3.39. The third-order valence-corrected chi connectivity index (χ3v) is 3.43. The molecule has 0 aromatic rings. The molecule has 1 atom stereocenters. The van der Waals surface area contributed by atoms with Gasteiger partial charge < -0.3 is 14.2 Å². The molecule has 2 saturated heterocycles. The van der Waals surface area contributed by atoms with Gasteiger partial charge in [-0.15, -0.1) is 0 Å². The van der Waals surface area contributed by atoms with Crippen molar-refractivity contribution in [1.29, 1.82) is 0 Å². The van der Waals surface area contributed by atoms with Crippen molar-refractivity contribution in [2.24, 2.45) is 5.92 Å². The predicted molar refractivity (Wildman–Crippen MR) is 53.5 cm³/mol. The Labute approximate surface area is 89.9 Å². The molecule has 2 aliphatic rings. The average molecular weight is 214 g/mol. The van der Waals surface area contributed by atoms with Crippen LogP contribution in [0.3, 0.4) is 0 Å². The van der Waals surface area contributed by atoms with Crippen LogP contribution < -0.4 is 0 Å². The minimum Gasteiger partial charge on any atom is -0.469 e. The molecule has 0 aliphatic carbocycles. The molecule has 0 aromatic carbocycles. The lowest BCUT2D eigenvalue weighted by Gasteiger charge is -2.42. The highest BCUT2D eigenvalue weighted by Gasteiger charge is 2.41. The zero-order valence-corrected chi connectivity index (χ0v) is 9.16. The average Bonchev–Trinajstić information content (AvgIpc) is 2.29. The van der Waals surface area contributed by atoms with Gasteiger partial charge in [-0.05, 0) is 25.7 Å². The van der Waals surface area contributed by atoms with Crippen LogP contribution in [-0.4, -0.2) is 38.5 Å². The summed E-state index contributed by atoms with van der Waals surface area (Å²) < 4.78 is 16.0. The molecule has 15 heavy (non-hydrogen) atoms. The van der Waals surface area contributed by atoms with E-state index in [1.807, 2.05) is 0 Å². The number of carbonyl (C=O) groups is 1. The molecule has 0 bridgehead atoms. The van der Waals surface area contributed by atoms with E-state index < -0.39 is 0 Å². The molecular weight excluding hydrogens is 196 g/mol. The highest BCUT2D eigenvalue weighted by Crippen LogP contribution is 2.37. The van der Waals surface area contributed by atoms with Crippen LogP contribution in [0.1, 0.15) is 25.7 Å². The van der Waals surface area contributed by atoms with Gasteiger partial charge in [-0.25, -0.2) is 0 Å². The van der Waals surface area contributed by atoms with Gasteiger partial charge in [0.15, 0.2) is 0 Å². The van der Waals surface area contributed by atoms with Crippen LogP contribution in [0.4, 0.5) is 0 Å². The summed E-state index contributed by atoms with van der Waals surface area (Å²) in [4.78, 5) is 11.5. The van der Waals surface area contributed by atoms with Gasteiger partial charge in [0.25, 0.3) is 0 Å². The maximum atomic E-state index is 11.5. The number of methoxy groups -OCH3 is 1. The first-order valence-electron chi connectivity index (χ1n) is 5.55. The molecule has 86 valence electrons. The van der Waals surface area contributed by atoms with Crippen molar-refractivity contribution in [2.75, 3.05) is 26.9 Å². The Morgan fingerprint density at radius 1 is 1.33 bits per heavy atom. The minimum atomic E-state index is -0.116. The second-order valence-electron chi connectivity index (χ2n) is 4.36. The standard InChI is InChI=1S/C11H18O4/c1-13-10(12)9-2-5-15-11(8-9)3-6-14-7-4-11/h9H,2-8H2,1H3. The molecular formula is C11H18O4. The van der Waals surface area contributed by atoms with Gasteiger partial charge >= 0.3 is 5.97 Å². The summed E-state index contributed by atoms with van der Waals surface area (Å²) >= 11 is 0. The highest BCUT2D eigenvalue weighted by molar-refractivity contribution is 5.72.